The van der Waals surface area contributed by atoms with Crippen molar-refractivity contribution in [3.63, 3.8) is 0 Å². The number of amides is 1. The maximum Gasteiger partial charge on any atom is 0.255 e. The van der Waals surface area contributed by atoms with Crippen LogP contribution in [0.1, 0.15) is 18.5 Å². The number of allylic oxidation sites excluding steroid dienone is 1. The molecule has 2 N–H and O–H groups in total. The molecule has 0 radical (unpaired) electrons. The Bertz CT molecular complexity index is 1180. The number of rotatable bonds is 5. The van der Waals surface area contributed by atoms with Crippen LogP contribution >= 0.6 is 23.8 Å². The van der Waals surface area contributed by atoms with Gasteiger partial charge in [0.1, 0.15) is 5.75 Å². The molecule has 0 aliphatic carbocycles. The Kier molecular flexibility index (Phi) is 6.44. The summed E-state index contributed by atoms with van der Waals surface area (Å²) in [6, 6.07) is 24.0. The molecule has 3 aromatic carbocycles. The van der Waals surface area contributed by atoms with Crippen LogP contribution in [0.15, 0.2) is 90.1 Å². The van der Waals surface area contributed by atoms with E-state index in [0.717, 1.165) is 16.9 Å². The monoisotopic (exact) mass is 463 g/mol. The van der Waals surface area contributed by atoms with E-state index in [1.807, 2.05) is 66.4 Å². The summed E-state index contributed by atoms with van der Waals surface area (Å²) in [5.74, 6) is 0.337. The molecule has 1 atom stereocenters. The molecule has 4 rings (SSSR count). The summed E-state index contributed by atoms with van der Waals surface area (Å²) in [4.78, 5) is 15.5. The van der Waals surface area contributed by atoms with E-state index >= 15 is 0 Å². The van der Waals surface area contributed by atoms with Crippen LogP contribution in [0.5, 0.6) is 5.75 Å². The number of anilines is 2. The van der Waals surface area contributed by atoms with E-state index in [-0.39, 0.29) is 5.91 Å². The summed E-state index contributed by atoms with van der Waals surface area (Å²) >= 11 is 11.8. The normalized spacial score (nSPS) is 15.9. The predicted octanol–water partition coefficient (Wildman–Crippen LogP) is 5.70. The molecule has 32 heavy (non-hydrogen) atoms. The van der Waals surface area contributed by atoms with Gasteiger partial charge in [0, 0.05) is 16.4 Å². The number of hydrogen-bond acceptors (Lipinski definition) is 3. The van der Waals surface area contributed by atoms with Crippen molar-refractivity contribution in [3.05, 3.63) is 101 Å². The number of carbonyl (C=O) groups excluding carboxylic acids is 1. The lowest BCUT2D eigenvalue weighted by atomic mass is 9.94. The third-order valence-electron chi connectivity index (χ3n) is 5.30. The van der Waals surface area contributed by atoms with Gasteiger partial charge in [-0.1, -0.05) is 54.1 Å². The number of carbonyl (C=O) groups is 1. The summed E-state index contributed by atoms with van der Waals surface area (Å²) in [7, 11) is 1.57. The smallest absolute Gasteiger partial charge is 0.255 e. The lowest BCUT2D eigenvalue weighted by Gasteiger charge is -2.38. The van der Waals surface area contributed by atoms with Gasteiger partial charge in [-0.15, -0.1) is 0 Å². The Balaban J connectivity index is 1.81. The zero-order valence-electron chi connectivity index (χ0n) is 17.6. The molecule has 0 fully saturated rings. The maximum absolute atomic E-state index is 13.6. The van der Waals surface area contributed by atoms with Crippen molar-refractivity contribution in [2.75, 3.05) is 17.3 Å². The van der Waals surface area contributed by atoms with Gasteiger partial charge in [0.25, 0.3) is 5.91 Å². The van der Waals surface area contributed by atoms with Crippen molar-refractivity contribution in [1.29, 1.82) is 0 Å². The summed E-state index contributed by atoms with van der Waals surface area (Å²) in [6.07, 6.45) is 0. The predicted molar refractivity (Wildman–Crippen MR) is 133 cm³/mol. The van der Waals surface area contributed by atoms with Crippen LogP contribution in [0, 0.1) is 0 Å². The second kappa shape index (κ2) is 9.42. The highest BCUT2D eigenvalue weighted by atomic mass is 35.5. The number of para-hydroxylation sites is 3. The first-order chi connectivity index (χ1) is 15.5. The highest BCUT2D eigenvalue weighted by Crippen LogP contribution is 2.35. The molecule has 1 aliphatic heterocycles. The molecule has 0 saturated heterocycles. The van der Waals surface area contributed by atoms with E-state index in [9.17, 15) is 4.79 Å². The fourth-order valence-electron chi connectivity index (χ4n) is 3.77. The molecule has 0 bridgehead atoms. The fraction of sp³-hybridized carbons (Fsp3) is 0.120. The fourth-order valence-corrected chi connectivity index (χ4v) is 4.25. The second-order valence-electron chi connectivity index (χ2n) is 7.26. The van der Waals surface area contributed by atoms with Gasteiger partial charge < -0.3 is 15.4 Å². The van der Waals surface area contributed by atoms with Crippen molar-refractivity contribution < 1.29 is 9.53 Å². The second-order valence-corrected chi connectivity index (χ2v) is 8.08. The lowest BCUT2D eigenvalue weighted by molar-refractivity contribution is -0.113. The first-order valence-corrected chi connectivity index (χ1v) is 10.8. The summed E-state index contributed by atoms with van der Waals surface area (Å²) < 4.78 is 5.40. The third-order valence-corrected chi connectivity index (χ3v) is 5.85. The minimum absolute atomic E-state index is 0.247. The molecule has 5 nitrogen and oxygen atoms in total. The zero-order chi connectivity index (χ0) is 22.7. The minimum atomic E-state index is -0.436. The van der Waals surface area contributed by atoms with Crippen molar-refractivity contribution in [2.45, 2.75) is 13.0 Å². The van der Waals surface area contributed by atoms with E-state index in [4.69, 9.17) is 28.6 Å². The van der Waals surface area contributed by atoms with Crippen LogP contribution in [0.25, 0.3) is 0 Å². The van der Waals surface area contributed by atoms with Crippen molar-refractivity contribution in [1.82, 2.24) is 5.32 Å². The Morgan fingerprint density at radius 3 is 2.38 bits per heavy atom. The van der Waals surface area contributed by atoms with Crippen LogP contribution in [0.2, 0.25) is 5.02 Å². The maximum atomic E-state index is 13.6. The molecular formula is C25H22ClN3O2S. The van der Waals surface area contributed by atoms with Crippen LogP contribution in [0.3, 0.4) is 0 Å². The van der Waals surface area contributed by atoms with Gasteiger partial charge in [0.2, 0.25) is 0 Å². The molecule has 7 heteroatoms. The third kappa shape index (κ3) is 4.33. The van der Waals surface area contributed by atoms with Crippen molar-refractivity contribution >= 4 is 46.2 Å². The molecule has 0 spiro atoms. The number of nitrogens with zero attached hydrogens (tertiary/aromatic N) is 1. The van der Waals surface area contributed by atoms with Gasteiger partial charge in [0.05, 0.1) is 24.4 Å². The average Bonchev–Trinajstić information content (AvgIpc) is 2.80. The van der Waals surface area contributed by atoms with Crippen LogP contribution in [0.4, 0.5) is 11.4 Å². The highest BCUT2D eigenvalue weighted by molar-refractivity contribution is 7.80. The van der Waals surface area contributed by atoms with Gasteiger partial charge in [-0.3, -0.25) is 9.69 Å². The number of thiocarbonyl (C=S) groups is 1. The van der Waals surface area contributed by atoms with Gasteiger partial charge in [-0.2, -0.15) is 0 Å². The van der Waals surface area contributed by atoms with Crippen molar-refractivity contribution in [2.24, 2.45) is 0 Å². The van der Waals surface area contributed by atoms with Crippen LogP contribution < -0.4 is 20.3 Å². The van der Waals surface area contributed by atoms with Crippen LogP contribution in [-0.4, -0.2) is 18.1 Å². The van der Waals surface area contributed by atoms with E-state index in [0.29, 0.717) is 27.1 Å². The summed E-state index contributed by atoms with van der Waals surface area (Å²) in [5.41, 5.74) is 3.64. The molecule has 1 aliphatic rings. The summed E-state index contributed by atoms with van der Waals surface area (Å²) in [5, 5.41) is 7.48. The number of benzene rings is 3. The topological polar surface area (TPSA) is 53.6 Å². The van der Waals surface area contributed by atoms with E-state index in [2.05, 4.69) is 10.6 Å². The van der Waals surface area contributed by atoms with E-state index in [1.165, 1.54) is 0 Å². The molecular weight excluding hydrogens is 442 g/mol. The molecule has 0 aromatic heterocycles. The van der Waals surface area contributed by atoms with E-state index < -0.39 is 6.04 Å². The quantitative estimate of drug-likeness (QED) is 0.475. The number of hydrogen-bond donors (Lipinski definition) is 2. The Labute approximate surface area is 197 Å². The van der Waals surface area contributed by atoms with Gasteiger partial charge in [-0.05, 0) is 61.1 Å². The molecule has 162 valence electrons. The molecule has 0 saturated carbocycles. The van der Waals surface area contributed by atoms with Crippen LogP contribution in [-0.2, 0) is 4.79 Å². The van der Waals surface area contributed by atoms with Gasteiger partial charge >= 0.3 is 0 Å². The van der Waals surface area contributed by atoms with Gasteiger partial charge in [-0.25, -0.2) is 0 Å². The minimum Gasteiger partial charge on any atom is -0.495 e. The largest absolute Gasteiger partial charge is 0.495 e. The van der Waals surface area contributed by atoms with E-state index in [1.54, 1.807) is 31.4 Å². The molecule has 3 aromatic rings. The molecule has 1 heterocycles. The number of nitrogens with one attached hydrogen (secondary N) is 2. The number of methoxy groups -OCH3 is 1. The average molecular weight is 464 g/mol. The Morgan fingerprint density at radius 1 is 1.03 bits per heavy atom. The SMILES string of the molecule is COc1ccccc1NC(=O)C1=C(C)N(c2ccccc2)C(=S)NC1c1ccc(Cl)cc1. The van der Waals surface area contributed by atoms with Crippen molar-refractivity contribution in [3.8, 4) is 5.75 Å². The molecule has 1 unspecified atom stereocenters. The number of halogens is 1. The lowest BCUT2D eigenvalue weighted by Crippen LogP contribution is -2.48. The first kappa shape index (κ1) is 21.9. The number of ether oxygens (including phenoxy) is 1. The first-order valence-electron chi connectivity index (χ1n) is 10.1. The zero-order valence-corrected chi connectivity index (χ0v) is 19.2. The molecule has 1 amide bonds. The highest BCUT2D eigenvalue weighted by Gasteiger charge is 2.34. The van der Waals surface area contributed by atoms with Gasteiger partial charge in [0.15, 0.2) is 5.11 Å². The Hall–Kier alpha value is -3.35. The standard InChI is InChI=1S/C25H22ClN3O2S/c1-16-22(24(30)27-20-10-6-7-11-21(20)31-2)23(17-12-14-18(26)15-13-17)28-25(32)29(16)19-8-4-3-5-9-19/h3-15,23H,1-2H3,(H,27,30)(H,28,32). The Morgan fingerprint density at radius 2 is 1.69 bits per heavy atom. The summed E-state index contributed by atoms with van der Waals surface area (Å²) in [6.45, 7) is 1.90.